The zero-order valence-corrected chi connectivity index (χ0v) is 9.60. The van der Waals surface area contributed by atoms with Crippen molar-refractivity contribution in [2.24, 2.45) is 0 Å². The fourth-order valence-electron chi connectivity index (χ4n) is 2.44. The Hall–Kier alpha value is -1.91. The largest absolute Gasteiger partial charge is 0.477 e. The molecule has 0 fully saturated rings. The second-order valence-electron chi connectivity index (χ2n) is 4.30. The summed E-state index contributed by atoms with van der Waals surface area (Å²) in [6, 6.07) is 0. The van der Waals surface area contributed by atoms with Crippen molar-refractivity contribution in [3.63, 3.8) is 0 Å². The van der Waals surface area contributed by atoms with E-state index in [9.17, 15) is 9.90 Å². The van der Waals surface area contributed by atoms with Gasteiger partial charge >= 0.3 is 5.97 Å². The van der Waals surface area contributed by atoms with E-state index in [0.717, 1.165) is 30.5 Å². The van der Waals surface area contributed by atoms with Gasteiger partial charge in [0.15, 0.2) is 5.69 Å². The molecular weight excluding hydrogens is 218 g/mol. The topological polar surface area (TPSA) is 67.5 Å². The highest BCUT2D eigenvalue weighted by Gasteiger charge is 2.21. The van der Waals surface area contributed by atoms with Gasteiger partial charge in [-0.2, -0.15) is 0 Å². The first kappa shape index (κ1) is 10.3. The van der Waals surface area contributed by atoms with Crippen molar-refractivity contribution in [3.8, 4) is 0 Å². The van der Waals surface area contributed by atoms with E-state index in [-0.39, 0.29) is 5.69 Å². The minimum Gasteiger partial charge on any atom is -0.477 e. The second-order valence-corrected chi connectivity index (χ2v) is 4.30. The van der Waals surface area contributed by atoms with Gasteiger partial charge in [-0.1, -0.05) is 6.92 Å². The van der Waals surface area contributed by atoms with E-state index in [2.05, 4.69) is 9.97 Å². The number of carbonyl (C=O) groups is 1. The van der Waals surface area contributed by atoms with Crippen LogP contribution in [0.2, 0.25) is 0 Å². The van der Waals surface area contributed by atoms with Gasteiger partial charge in [0.25, 0.3) is 0 Å². The van der Waals surface area contributed by atoms with Crippen molar-refractivity contribution < 1.29 is 9.90 Å². The molecule has 3 rings (SSSR count). The van der Waals surface area contributed by atoms with Crippen LogP contribution in [-0.4, -0.2) is 25.4 Å². The quantitative estimate of drug-likeness (QED) is 0.850. The molecule has 1 aliphatic rings. The lowest BCUT2D eigenvalue weighted by Gasteiger charge is -2.01. The van der Waals surface area contributed by atoms with Crippen molar-refractivity contribution in [1.82, 2.24) is 14.4 Å². The van der Waals surface area contributed by atoms with Crippen LogP contribution in [0.4, 0.5) is 0 Å². The lowest BCUT2D eigenvalue weighted by atomic mass is 10.2. The Morgan fingerprint density at radius 2 is 2.29 bits per heavy atom. The lowest BCUT2D eigenvalue weighted by molar-refractivity contribution is 0.0688. The highest BCUT2D eigenvalue weighted by Crippen LogP contribution is 2.22. The molecule has 17 heavy (non-hydrogen) atoms. The molecule has 88 valence electrons. The summed E-state index contributed by atoms with van der Waals surface area (Å²) in [5.74, 6) is -0.422. The number of imidazole rings is 1. The molecule has 0 saturated heterocycles. The predicted octanol–water partition coefficient (Wildman–Crippen LogP) is 1.48. The van der Waals surface area contributed by atoms with Crippen molar-refractivity contribution in [3.05, 3.63) is 28.8 Å². The van der Waals surface area contributed by atoms with Gasteiger partial charge in [-0.25, -0.2) is 14.8 Å². The molecule has 0 unspecified atom stereocenters. The fourth-order valence-corrected chi connectivity index (χ4v) is 2.44. The van der Waals surface area contributed by atoms with Crippen LogP contribution < -0.4 is 0 Å². The van der Waals surface area contributed by atoms with Gasteiger partial charge in [0.1, 0.15) is 0 Å². The fraction of sp³-hybridized carbons (Fsp3) is 0.417. The Morgan fingerprint density at radius 3 is 3.00 bits per heavy atom. The number of nitrogens with zero attached hydrogens (tertiary/aromatic N) is 3. The van der Waals surface area contributed by atoms with E-state index >= 15 is 0 Å². The van der Waals surface area contributed by atoms with Crippen LogP contribution in [0.3, 0.4) is 0 Å². The number of rotatable bonds is 2. The van der Waals surface area contributed by atoms with E-state index in [0.29, 0.717) is 17.9 Å². The van der Waals surface area contributed by atoms with Crippen LogP contribution in [0.15, 0.2) is 6.20 Å². The Bertz CT molecular complexity index is 616. The molecular formula is C12H13N3O2. The third-order valence-electron chi connectivity index (χ3n) is 3.25. The average molecular weight is 231 g/mol. The van der Waals surface area contributed by atoms with Crippen LogP contribution in [-0.2, 0) is 19.3 Å². The van der Waals surface area contributed by atoms with Crippen LogP contribution in [0, 0.1) is 0 Å². The molecule has 0 saturated carbocycles. The molecule has 2 aromatic heterocycles. The third kappa shape index (κ3) is 1.42. The first-order valence-electron chi connectivity index (χ1n) is 5.83. The van der Waals surface area contributed by atoms with Gasteiger partial charge in [-0.3, -0.25) is 4.40 Å². The molecule has 1 N–H and O–H groups in total. The monoisotopic (exact) mass is 231 g/mol. The molecule has 1 aliphatic carbocycles. The molecule has 0 aromatic carbocycles. The van der Waals surface area contributed by atoms with Gasteiger partial charge in [0.05, 0.1) is 5.69 Å². The molecule has 0 aliphatic heterocycles. The van der Waals surface area contributed by atoms with Crippen molar-refractivity contribution in [2.75, 3.05) is 0 Å². The van der Waals surface area contributed by atoms with Crippen LogP contribution in [0.25, 0.3) is 5.78 Å². The number of aryl methyl sites for hydroxylation is 3. The number of carboxylic acid groups (broad SMARTS) is 1. The third-order valence-corrected chi connectivity index (χ3v) is 3.25. The Labute approximate surface area is 98.1 Å². The van der Waals surface area contributed by atoms with Gasteiger partial charge < -0.3 is 5.11 Å². The first-order valence-corrected chi connectivity index (χ1v) is 5.83. The lowest BCUT2D eigenvalue weighted by Crippen LogP contribution is -2.06. The van der Waals surface area contributed by atoms with Gasteiger partial charge in [-0.15, -0.1) is 0 Å². The van der Waals surface area contributed by atoms with E-state index in [4.69, 9.17) is 0 Å². The van der Waals surface area contributed by atoms with E-state index in [1.807, 2.05) is 13.1 Å². The predicted molar refractivity (Wildman–Crippen MR) is 61.3 cm³/mol. The summed E-state index contributed by atoms with van der Waals surface area (Å²) in [5, 5.41) is 9.24. The zero-order chi connectivity index (χ0) is 12.0. The number of aromatic carboxylic acids is 1. The zero-order valence-electron chi connectivity index (χ0n) is 9.60. The number of hydrogen-bond acceptors (Lipinski definition) is 3. The summed E-state index contributed by atoms with van der Waals surface area (Å²) in [5.41, 5.74) is 3.08. The second kappa shape index (κ2) is 3.55. The van der Waals surface area contributed by atoms with Gasteiger partial charge in [0.2, 0.25) is 5.78 Å². The average Bonchev–Trinajstić information content (AvgIpc) is 2.87. The highest BCUT2D eigenvalue weighted by molar-refractivity contribution is 5.88. The Morgan fingerprint density at radius 1 is 1.47 bits per heavy atom. The maximum absolute atomic E-state index is 11.3. The van der Waals surface area contributed by atoms with Crippen molar-refractivity contribution in [2.45, 2.75) is 32.6 Å². The molecule has 2 aromatic rings. The molecule has 0 amide bonds. The number of hydrogen-bond donors (Lipinski definition) is 1. The summed E-state index contributed by atoms with van der Waals surface area (Å²) in [6.07, 6.45) is 5.55. The Balaban J connectivity index is 2.33. The van der Waals surface area contributed by atoms with Crippen molar-refractivity contribution in [1.29, 1.82) is 0 Å². The van der Waals surface area contributed by atoms with Crippen LogP contribution >= 0.6 is 0 Å². The number of carboxylic acids is 1. The molecule has 0 atom stereocenters. The SMILES string of the molecule is CCc1nc2nc3c(cn2c1C(=O)O)CCC3. The highest BCUT2D eigenvalue weighted by atomic mass is 16.4. The van der Waals surface area contributed by atoms with Crippen molar-refractivity contribution >= 4 is 11.7 Å². The summed E-state index contributed by atoms with van der Waals surface area (Å²) < 4.78 is 1.62. The van der Waals surface area contributed by atoms with E-state index in [1.165, 1.54) is 0 Å². The standard InChI is InChI=1S/C12H13N3O2/c1-2-8-10(11(16)17)15-6-7-4-3-5-9(7)14-12(15)13-8/h6H,2-5H2,1H3,(H,16,17). The maximum atomic E-state index is 11.3. The summed E-state index contributed by atoms with van der Waals surface area (Å²) in [4.78, 5) is 20.0. The molecule has 2 heterocycles. The number of aromatic nitrogens is 3. The minimum atomic E-state index is -0.936. The molecule has 0 bridgehead atoms. The molecule has 0 radical (unpaired) electrons. The van der Waals surface area contributed by atoms with E-state index < -0.39 is 5.97 Å². The summed E-state index contributed by atoms with van der Waals surface area (Å²) >= 11 is 0. The summed E-state index contributed by atoms with van der Waals surface area (Å²) in [6.45, 7) is 1.90. The molecule has 0 spiro atoms. The summed E-state index contributed by atoms with van der Waals surface area (Å²) in [7, 11) is 0. The Kier molecular flexibility index (Phi) is 2.14. The first-order chi connectivity index (χ1) is 8.20. The van der Waals surface area contributed by atoms with Gasteiger partial charge in [-0.05, 0) is 31.2 Å². The molecule has 5 nitrogen and oxygen atoms in total. The van der Waals surface area contributed by atoms with Crippen LogP contribution in [0.5, 0.6) is 0 Å². The minimum absolute atomic E-state index is 0.254. The van der Waals surface area contributed by atoms with E-state index in [1.54, 1.807) is 4.40 Å². The smallest absolute Gasteiger partial charge is 0.354 e. The van der Waals surface area contributed by atoms with Gasteiger partial charge in [0, 0.05) is 11.9 Å². The normalized spacial score (nSPS) is 14.2. The maximum Gasteiger partial charge on any atom is 0.354 e. The number of fused-ring (bicyclic) bond motifs is 2. The van der Waals surface area contributed by atoms with Crippen LogP contribution in [0.1, 0.15) is 40.8 Å². The molecule has 5 heteroatoms.